The van der Waals surface area contributed by atoms with Crippen molar-refractivity contribution in [2.75, 3.05) is 40.8 Å². The Balaban J connectivity index is 3.26. The Bertz CT molecular complexity index is 139. The molecule has 0 radical (unpaired) electrons. The van der Waals surface area contributed by atoms with E-state index >= 15 is 0 Å². The van der Waals surface area contributed by atoms with E-state index in [0.29, 0.717) is 6.42 Å². The van der Waals surface area contributed by atoms with Gasteiger partial charge in [-0.25, -0.2) is 0 Å². The van der Waals surface area contributed by atoms with Crippen LogP contribution < -0.4 is 10.6 Å². The number of likely N-dealkylation sites (N-methyl/N-ethyl adjacent to an activating group) is 2. The highest BCUT2D eigenvalue weighted by Crippen LogP contribution is 1.91. The highest BCUT2D eigenvalue weighted by Gasteiger charge is 2.00. The maximum Gasteiger partial charge on any atom is 0.219 e. The summed E-state index contributed by atoms with van der Waals surface area (Å²) >= 11 is 0. The molecule has 0 unspecified atom stereocenters. The molecule has 0 saturated heterocycles. The molecule has 0 aliphatic carbocycles. The molecule has 78 valence electrons. The lowest BCUT2D eigenvalue weighted by Gasteiger charge is -2.15. The van der Waals surface area contributed by atoms with Crippen LogP contribution in [0.1, 0.15) is 12.8 Å². The average molecular weight is 187 g/mol. The van der Waals surface area contributed by atoms with Crippen LogP contribution in [-0.2, 0) is 4.79 Å². The van der Waals surface area contributed by atoms with Crippen LogP contribution in [-0.4, -0.2) is 51.6 Å². The van der Waals surface area contributed by atoms with Gasteiger partial charge < -0.3 is 15.5 Å². The molecular weight excluding hydrogens is 166 g/mol. The van der Waals surface area contributed by atoms with Crippen molar-refractivity contribution in [2.45, 2.75) is 12.8 Å². The molecule has 0 fully saturated rings. The molecule has 0 bridgehead atoms. The molecule has 0 aliphatic heterocycles. The molecule has 0 aromatic heterocycles. The van der Waals surface area contributed by atoms with Gasteiger partial charge in [0.15, 0.2) is 0 Å². The fraction of sp³-hybridized carbons (Fsp3) is 0.889. The van der Waals surface area contributed by atoms with E-state index in [1.807, 2.05) is 7.05 Å². The Morgan fingerprint density at radius 3 is 2.54 bits per heavy atom. The Kier molecular flexibility index (Phi) is 7.63. The normalized spacial score (nSPS) is 10.5. The molecule has 0 heterocycles. The highest BCUT2D eigenvalue weighted by molar-refractivity contribution is 5.75. The molecule has 2 N–H and O–H groups in total. The second kappa shape index (κ2) is 8.01. The Labute approximate surface area is 80.7 Å². The number of amides is 1. The van der Waals surface area contributed by atoms with E-state index in [9.17, 15) is 4.79 Å². The van der Waals surface area contributed by atoms with Crippen molar-refractivity contribution in [1.29, 1.82) is 0 Å². The van der Waals surface area contributed by atoms with Gasteiger partial charge in [-0.15, -0.1) is 0 Å². The first kappa shape index (κ1) is 12.4. The Morgan fingerprint density at radius 2 is 2.00 bits per heavy atom. The van der Waals surface area contributed by atoms with Crippen LogP contribution in [0.4, 0.5) is 0 Å². The number of carbonyl (C=O) groups is 1. The van der Waals surface area contributed by atoms with Gasteiger partial charge in [0.05, 0.1) is 0 Å². The largest absolute Gasteiger partial charge is 0.359 e. The molecule has 0 aromatic rings. The first-order valence-corrected chi connectivity index (χ1v) is 4.74. The summed E-state index contributed by atoms with van der Waals surface area (Å²) in [7, 11) is 5.69. The minimum Gasteiger partial charge on any atom is -0.359 e. The average Bonchev–Trinajstić information content (AvgIpc) is 2.14. The molecule has 0 spiro atoms. The maximum atomic E-state index is 10.9. The van der Waals surface area contributed by atoms with Gasteiger partial charge in [0.1, 0.15) is 0 Å². The van der Waals surface area contributed by atoms with Crippen molar-refractivity contribution in [2.24, 2.45) is 0 Å². The second-order valence-corrected chi connectivity index (χ2v) is 3.18. The molecule has 4 nitrogen and oxygen atoms in total. The summed E-state index contributed by atoms with van der Waals surface area (Å²) < 4.78 is 0. The maximum absolute atomic E-state index is 10.9. The molecule has 0 saturated carbocycles. The van der Waals surface area contributed by atoms with Gasteiger partial charge in [0, 0.05) is 26.6 Å². The van der Waals surface area contributed by atoms with Crippen LogP contribution >= 0.6 is 0 Å². The lowest BCUT2D eigenvalue weighted by molar-refractivity contribution is -0.120. The number of rotatable bonds is 7. The molecular formula is C9H21N3O. The molecule has 4 heteroatoms. The molecule has 0 aromatic carbocycles. The first-order chi connectivity index (χ1) is 6.20. The summed E-state index contributed by atoms with van der Waals surface area (Å²) in [5, 5.41) is 5.70. The van der Waals surface area contributed by atoms with Crippen LogP contribution in [0.15, 0.2) is 0 Å². The van der Waals surface area contributed by atoms with Crippen molar-refractivity contribution in [1.82, 2.24) is 15.5 Å². The third-order valence-electron chi connectivity index (χ3n) is 1.97. The summed E-state index contributed by atoms with van der Waals surface area (Å²) in [5.74, 6) is 0.127. The van der Waals surface area contributed by atoms with Gasteiger partial charge in [-0.05, 0) is 27.1 Å². The zero-order valence-corrected chi connectivity index (χ0v) is 8.89. The summed E-state index contributed by atoms with van der Waals surface area (Å²) in [6.07, 6.45) is 1.56. The van der Waals surface area contributed by atoms with E-state index in [2.05, 4.69) is 22.6 Å². The van der Waals surface area contributed by atoms with Gasteiger partial charge >= 0.3 is 0 Å². The molecule has 0 rings (SSSR count). The van der Waals surface area contributed by atoms with Crippen LogP contribution in [0.2, 0.25) is 0 Å². The number of nitrogens with zero attached hydrogens (tertiary/aromatic N) is 1. The summed E-state index contributed by atoms with van der Waals surface area (Å²) in [6.45, 7) is 3.01. The van der Waals surface area contributed by atoms with Gasteiger partial charge in [0.2, 0.25) is 5.91 Å². The lowest BCUT2D eigenvalue weighted by Crippen LogP contribution is -2.29. The van der Waals surface area contributed by atoms with Crippen LogP contribution in [0, 0.1) is 0 Å². The van der Waals surface area contributed by atoms with Crippen molar-refractivity contribution >= 4 is 5.91 Å². The van der Waals surface area contributed by atoms with Crippen molar-refractivity contribution in [3.05, 3.63) is 0 Å². The Hall–Kier alpha value is -0.610. The van der Waals surface area contributed by atoms with Crippen LogP contribution in [0.25, 0.3) is 0 Å². The SMILES string of the molecule is CNCCN(C)CCCC(=O)NC. The third-order valence-corrected chi connectivity index (χ3v) is 1.97. The molecule has 13 heavy (non-hydrogen) atoms. The summed E-state index contributed by atoms with van der Waals surface area (Å²) in [4.78, 5) is 13.1. The van der Waals surface area contributed by atoms with E-state index in [4.69, 9.17) is 0 Å². The van der Waals surface area contributed by atoms with Crippen molar-refractivity contribution in [3.63, 3.8) is 0 Å². The first-order valence-electron chi connectivity index (χ1n) is 4.74. The number of nitrogens with one attached hydrogen (secondary N) is 2. The number of carbonyl (C=O) groups excluding carboxylic acids is 1. The molecule has 1 amide bonds. The zero-order valence-electron chi connectivity index (χ0n) is 8.89. The number of hydrogen-bond acceptors (Lipinski definition) is 3. The summed E-state index contributed by atoms with van der Waals surface area (Å²) in [5.41, 5.74) is 0. The zero-order chi connectivity index (χ0) is 10.1. The standard InChI is InChI=1S/C9H21N3O/c1-10-6-8-12(3)7-4-5-9(13)11-2/h10H,4-8H2,1-3H3,(H,11,13). The van der Waals surface area contributed by atoms with Crippen LogP contribution in [0.3, 0.4) is 0 Å². The topological polar surface area (TPSA) is 44.4 Å². The quantitative estimate of drug-likeness (QED) is 0.573. The van der Waals surface area contributed by atoms with E-state index in [0.717, 1.165) is 26.1 Å². The van der Waals surface area contributed by atoms with E-state index in [1.165, 1.54) is 0 Å². The fourth-order valence-electron chi connectivity index (χ4n) is 1.05. The monoisotopic (exact) mass is 187 g/mol. The van der Waals surface area contributed by atoms with Gasteiger partial charge in [-0.2, -0.15) is 0 Å². The van der Waals surface area contributed by atoms with Gasteiger partial charge in [-0.3, -0.25) is 4.79 Å². The van der Waals surface area contributed by atoms with Crippen LogP contribution in [0.5, 0.6) is 0 Å². The summed E-state index contributed by atoms with van der Waals surface area (Å²) in [6, 6.07) is 0. The van der Waals surface area contributed by atoms with E-state index < -0.39 is 0 Å². The lowest BCUT2D eigenvalue weighted by atomic mass is 10.3. The minimum atomic E-state index is 0.127. The van der Waals surface area contributed by atoms with Crippen molar-refractivity contribution < 1.29 is 4.79 Å². The second-order valence-electron chi connectivity index (χ2n) is 3.18. The van der Waals surface area contributed by atoms with Gasteiger partial charge in [-0.1, -0.05) is 0 Å². The van der Waals surface area contributed by atoms with E-state index in [1.54, 1.807) is 7.05 Å². The highest BCUT2D eigenvalue weighted by atomic mass is 16.1. The van der Waals surface area contributed by atoms with Crippen molar-refractivity contribution in [3.8, 4) is 0 Å². The third kappa shape index (κ3) is 7.74. The minimum absolute atomic E-state index is 0.127. The predicted octanol–water partition coefficient (Wildman–Crippen LogP) is -0.336. The Morgan fingerprint density at radius 1 is 1.31 bits per heavy atom. The van der Waals surface area contributed by atoms with Gasteiger partial charge in [0.25, 0.3) is 0 Å². The smallest absolute Gasteiger partial charge is 0.219 e. The fourth-order valence-corrected chi connectivity index (χ4v) is 1.05. The molecule has 0 atom stereocenters. The molecule has 0 aliphatic rings. The number of hydrogen-bond donors (Lipinski definition) is 2. The predicted molar refractivity (Wildman–Crippen MR) is 54.7 cm³/mol. The van der Waals surface area contributed by atoms with E-state index in [-0.39, 0.29) is 5.91 Å².